The highest BCUT2D eigenvalue weighted by Crippen LogP contribution is 2.31. The van der Waals surface area contributed by atoms with Crippen LogP contribution in [0.3, 0.4) is 0 Å². The molecule has 2 amide bonds. The molecule has 0 bridgehead atoms. The van der Waals surface area contributed by atoms with E-state index in [0.29, 0.717) is 17.1 Å². The summed E-state index contributed by atoms with van der Waals surface area (Å²) in [6.45, 7) is 5.47. The molecule has 0 aliphatic heterocycles. The number of benzene rings is 3. The van der Waals surface area contributed by atoms with Gasteiger partial charge in [0.05, 0.1) is 15.6 Å². The second-order valence-corrected chi connectivity index (χ2v) is 12.0. The van der Waals surface area contributed by atoms with Crippen LogP contribution in [-0.4, -0.2) is 44.3 Å². The molecule has 0 saturated carbocycles. The highest BCUT2D eigenvalue weighted by Gasteiger charge is 2.33. The Bertz CT molecular complexity index is 1400. The number of carbonyl (C=O) groups excluding carboxylic acids is 2. The lowest BCUT2D eigenvalue weighted by Gasteiger charge is -2.32. The number of sulfonamides is 1. The summed E-state index contributed by atoms with van der Waals surface area (Å²) in [6.07, 6.45) is 1.71. The number of rotatable bonds is 12. The number of halogens is 2. The third kappa shape index (κ3) is 7.97. The van der Waals surface area contributed by atoms with Crippen LogP contribution in [-0.2, 0) is 26.2 Å². The number of anilines is 1. The van der Waals surface area contributed by atoms with E-state index in [1.165, 1.54) is 17.0 Å². The molecule has 0 aliphatic carbocycles. The van der Waals surface area contributed by atoms with Crippen molar-refractivity contribution < 1.29 is 18.0 Å². The Morgan fingerprint density at radius 3 is 2.31 bits per heavy atom. The maximum atomic E-state index is 13.9. The Labute approximate surface area is 240 Å². The van der Waals surface area contributed by atoms with Gasteiger partial charge in [-0.25, -0.2) is 8.42 Å². The largest absolute Gasteiger partial charge is 0.354 e. The van der Waals surface area contributed by atoms with E-state index in [-0.39, 0.29) is 28.1 Å². The van der Waals surface area contributed by atoms with E-state index >= 15 is 0 Å². The zero-order chi connectivity index (χ0) is 28.6. The summed E-state index contributed by atoms with van der Waals surface area (Å²) in [6, 6.07) is 18.9. The van der Waals surface area contributed by atoms with Crippen molar-refractivity contribution in [2.45, 2.75) is 51.1 Å². The quantitative estimate of drug-likeness (QED) is 0.269. The van der Waals surface area contributed by atoms with Crippen LogP contribution < -0.4 is 9.62 Å². The second-order valence-electron chi connectivity index (χ2n) is 9.25. The molecule has 7 nitrogen and oxygen atoms in total. The minimum Gasteiger partial charge on any atom is -0.354 e. The number of hydrogen-bond donors (Lipinski definition) is 1. The normalized spacial score (nSPS) is 12.0. The van der Waals surface area contributed by atoms with Crippen LogP contribution in [0.15, 0.2) is 77.7 Å². The first-order chi connectivity index (χ1) is 18.5. The highest BCUT2D eigenvalue weighted by atomic mass is 35.5. The van der Waals surface area contributed by atoms with E-state index in [9.17, 15) is 18.0 Å². The molecule has 1 N–H and O–H groups in total. The molecule has 0 aromatic heterocycles. The number of amides is 2. The Morgan fingerprint density at radius 1 is 0.974 bits per heavy atom. The molecule has 1 atom stereocenters. The minimum atomic E-state index is -4.19. The van der Waals surface area contributed by atoms with E-state index in [2.05, 4.69) is 5.32 Å². The molecule has 0 saturated heterocycles. The molecular formula is C29H33Cl2N3O4S. The number of nitrogens with one attached hydrogen (secondary N) is 1. The Balaban J connectivity index is 2.01. The summed E-state index contributed by atoms with van der Waals surface area (Å²) in [5.74, 6) is -0.895. The maximum Gasteiger partial charge on any atom is 0.264 e. The molecule has 0 fully saturated rings. The summed E-state index contributed by atoms with van der Waals surface area (Å²) in [5.41, 5.74) is 1.76. The third-order valence-corrected chi connectivity index (χ3v) is 8.58. The third-order valence-electron chi connectivity index (χ3n) is 6.25. The van der Waals surface area contributed by atoms with Crippen LogP contribution in [0.5, 0.6) is 0 Å². The Kier molecular flexibility index (Phi) is 10.8. The lowest BCUT2D eigenvalue weighted by atomic mass is 10.1. The first kappa shape index (κ1) is 30.5. The van der Waals surface area contributed by atoms with Gasteiger partial charge in [-0.15, -0.1) is 0 Å². The van der Waals surface area contributed by atoms with Crippen LogP contribution in [0.25, 0.3) is 0 Å². The monoisotopic (exact) mass is 589 g/mol. The van der Waals surface area contributed by atoms with Crippen LogP contribution in [0.1, 0.15) is 37.8 Å². The summed E-state index contributed by atoms with van der Waals surface area (Å²) in [5, 5.41) is 3.52. The Morgan fingerprint density at radius 2 is 1.67 bits per heavy atom. The molecule has 3 aromatic rings. The van der Waals surface area contributed by atoms with Gasteiger partial charge in [0.2, 0.25) is 11.8 Å². The molecule has 3 aromatic carbocycles. The molecular weight excluding hydrogens is 557 g/mol. The van der Waals surface area contributed by atoms with E-state index in [4.69, 9.17) is 23.2 Å². The zero-order valence-corrected chi connectivity index (χ0v) is 24.6. The molecule has 0 spiro atoms. The van der Waals surface area contributed by atoms with Crippen molar-refractivity contribution in [3.8, 4) is 0 Å². The number of unbranched alkanes of at least 4 members (excludes halogenated alkanes) is 1. The van der Waals surface area contributed by atoms with Crippen molar-refractivity contribution >= 4 is 50.7 Å². The van der Waals surface area contributed by atoms with E-state index in [1.54, 1.807) is 67.6 Å². The van der Waals surface area contributed by atoms with Crippen molar-refractivity contribution in [1.29, 1.82) is 0 Å². The molecule has 39 heavy (non-hydrogen) atoms. The van der Waals surface area contributed by atoms with Gasteiger partial charge in [-0.1, -0.05) is 78.5 Å². The number of nitrogens with zero attached hydrogens (tertiary/aromatic N) is 2. The van der Waals surface area contributed by atoms with Gasteiger partial charge in [-0.3, -0.25) is 13.9 Å². The zero-order valence-electron chi connectivity index (χ0n) is 22.2. The second kappa shape index (κ2) is 13.8. The summed E-state index contributed by atoms with van der Waals surface area (Å²) < 4.78 is 28.7. The molecule has 0 unspecified atom stereocenters. The van der Waals surface area contributed by atoms with Gasteiger partial charge < -0.3 is 10.2 Å². The lowest BCUT2D eigenvalue weighted by Crippen LogP contribution is -2.51. The molecule has 0 radical (unpaired) electrons. The van der Waals surface area contributed by atoms with Crippen molar-refractivity contribution in [3.05, 3.63) is 94.0 Å². The smallest absolute Gasteiger partial charge is 0.264 e. The van der Waals surface area contributed by atoms with Crippen LogP contribution in [0.4, 0.5) is 5.69 Å². The van der Waals surface area contributed by atoms with Gasteiger partial charge in [0, 0.05) is 18.1 Å². The number of para-hydroxylation sites is 1. The first-order valence-corrected chi connectivity index (χ1v) is 14.9. The number of carbonyl (C=O) groups is 2. The van der Waals surface area contributed by atoms with Gasteiger partial charge in [0.1, 0.15) is 12.6 Å². The fraction of sp³-hybridized carbons (Fsp3) is 0.310. The summed E-state index contributed by atoms with van der Waals surface area (Å²) in [7, 11) is -4.19. The number of hydrogen-bond acceptors (Lipinski definition) is 4. The summed E-state index contributed by atoms with van der Waals surface area (Å²) >= 11 is 12.6. The van der Waals surface area contributed by atoms with Crippen LogP contribution in [0, 0.1) is 6.92 Å². The molecule has 10 heteroatoms. The summed E-state index contributed by atoms with van der Waals surface area (Å²) in [4.78, 5) is 28.3. The molecule has 0 aliphatic rings. The van der Waals surface area contributed by atoms with Gasteiger partial charge in [-0.05, 0) is 62.2 Å². The SMILES string of the molecule is CCCCNC(=O)[C@H](C)N(Cc1cccc(Cl)c1)C(=O)CN(c1ccccc1Cl)S(=O)(=O)c1ccc(C)cc1. The van der Waals surface area contributed by atoms with E-state index in [0.717, 1.165) is 22.7 Å². The van der Waals surface area contributed by atoms with E-state index in [1.807, 2.05) is 13.8 Å². The standard InChI is InChI=1S/C29H33Cl2N3O4S/c1-4-5-17-32-29(36)22(3)33(19-23-9-8-10-24(30)18-23)28(35)20-34(27-12-7-6-11-26(27)31)39(37,38)25-15-13-21(2)14-16-25/h6-16,18,22H,4-5,17,19-20H2,1-3H3,(H,32,36)/t22-/m0/s1. The van der Waals surface area contributed by atoms with Crippen molar-refractivity contribution in [3.63, 3.8) is 0 Å². The van der Waals surface area contributed by atoms with Crippen molar-refractivity contribution in [2.24, 2.45) is 0 Å². The molecule has 0 heterocycles. The average Bonchev–Trinajstić information content (AvgIpc) is 2.90. The fourth-order valence-corrected chi connectivity index (χ4v) is 5.89. The van der Waals surface area contributed by atoms with Gasteiger partial charge in [-0.2, -0.15) is 0 Å². The van der Waals surface area contributed by atoms with Crippen LogP contribution >= 0.6 is 23.2 Å². The molecule has 3 rings (SSSR count). The van der Waals surface area contributed by atoms with Crippen molar-refractivity contribution in [1.82, 2.24) is 10.2 Å². The van der Waals surface area contributed by atoms with E-state index < -0.39 is 28.5 Å². The topological polar surface area (TPSA) is 86.8 Å². The predicted molar refractivity (Wildman–Crippen MR) is 157 cm³/mol. The minimum absolute atomic E-state index is 0.0209. The van der Waals surface area contributed by atoms with Gasteiger partial charge >= 0.3 is 0 Å². The fourth-order valence-electron chi connectivity index (χ4n) is 3.96. The van der Waals surface area contributed by atoms with Gasteiger partial charge in [0.15, 0.2) is 0 Å². The van der Waals surface area contributed by atoms with Crippen LogP contribution in [0.2, 0.25) is 10.0 Å². The van der Waals surface area contributed by atoms with Crippen molar-refractivity contribution in [2.75, 3.05) is 17.4 Å². The number of aryl methyl sites for hydroxylation is 1. The van der Waals surface area contributed by atoms with Gasteiger partial charge in [0.25, 0.3) is 10.0 Å². The average molecular weight is 591 g/mol. The first-order valence-electron chi connectivity index (χ1n) is 12.7. The maximum absolute atomic E-state index is 13.9. The predicted octanol–water partition coefficient (Wildman–Crippen LogP) is 5.83. The molecule has 208 valence electrons. The highest BCUT2D eigenvalue weighted by molar-refractivity contribution is 7.92. The lowest BCUT2D eigenvalue weighted by molar-refractivity contribution is -0.139. The Hall–Kier alpha value is -3.07.